The van der Waals surface area contributed by atoms with Gasteiger partial charge in [0.2, 0.25) is 5.88 Å². The molecule has 3 aromatic rings. The molecular weight excluding hydrogens is 502 g/mol. The minimum Gasteiger partial charge on any atom is -0.494 e. The number of nitrogens with zero attached hydrogens (tertiary/aromatic N) is 5. The van der Waals surface area contributed by atoms with E-state index in [0.29, 0.717) is 47.8 Å². The molecular formula is C24H31N5O7S. The van der Waals surface area contributed by atoms with Crippen LogP contribution in [0.25, 0.3) is 5.69 Å². The van der Waals surface area contributed by atoms with Crippen LogP contribution in [-0.2, 0) is 25.1 Å². The van der Waals surface area contributed by atoms with Crippen LogP contribution in [-0.4, -0.2) is 79.6 Å². The van der Waals surface area contributed by atoms with Crippen molar-refractivity contribution >= 4 is 9.84 Å². The Morgan fingerprint density at radius 1 is 1.03 bits per heavy atom. The second kappa shape index (κ2) is 11.4. The molecule has 1 fully saturated rings. The average Bonchev–Trinajstić information content (AvgIpc) is 3.34. The summed E-state index contributed by atoms with van der Waals surface area (Å²) >= 11 is 0. The van der Waals surface area contributed by atoms with Crippen molar-refractivity contribution in [1.82, 2.24) is 24.7 Å². The normalized spacial score (nSPS) is 17.7. The van der Waals surface area contributed by atoms with E-state index >= 15 is 0 Å². The number of hydrogen-bond acceptors (Lipinski definition) is 11. The Kier molecular flexibility index (Phi) is 8.25. The molecule has 0 saturated carbocycles. The number of aromatic nitrogens is 5. The molecule has 0 unspecified atom stereocenters. The number of sulfone groups is 1. The van der Waals surface area contributed by atoms with Crippen molar-refractivity contribution in [1.29, 1.82) is 0 Å². The summed E-state index contributed by atoms with van der Waals surface area (Å²) < 4.78 is 56.6. The SMILES string of the molecule is COc1cnc([C@@H](C)[C@H](C)S(=O)(=O)Cc2nnc([C@H]3COCCO3)n2-c2c(OC)cccc2OC)cn1. The fraction of sp³-hybridized carbons (Fsp3) is 0.500. The van der Waals surface area contributed by atoms with Gasteiger partial charge in [0.05, 0.1) is 64.5 Å². The first-order chi connectivity index (χ1) is 17.8. The number of para-hydroxylation sites is 1. The van der Waals surface area contributed by atoms with Gasteiger partial charge < -0.3 is 23.7 Å². The summed E-state index contributed by atoms with van der Waals surface area (Å²) in [4.78, 5) is 8.47. The largest absolute Gasteiger partial charge is 0.494 e. The van der Waals surface area contributed by atoms with Crippen LogP contribution in [0.4, 0.5) is 0 Å². The summed E-state index contributed by atoms with van der Waals surface area (Å²) in [5.74, 6) is 1.06. The van der Waals surface area contributed by atoms with Gasteiger partial charge in [-0.2, -0.15) is 0 Å². The van der Waals surface area contributed by atoms with E-state index in [1.807, 2.05) is 0 Å². The van der Waals surface area contributed by atoms with E-state index in [-0.39, 0.29) is 18.2 Å². The number of ether oxygens (including phenoxy) is 5. The molecule has 0 N–H and O–H groups in total. The van der Waals surface area contributed by atoms with Crippen LogP contribution >= 0.6 is 0 Å². The fourth-order valence-electron chi connectivity index (χ4n) is 4.09. The van der Waals surface area contributed by atoms with Gasteiger partial charge in [-0.25, -0.2) is 13.4 Å². The lowest BCUT2D eigenvalue weighted by atomic mass is 10.1. The molecule has 0 radical (unpaired) electrons. The van der Waals surface area contributed by atoms with Crippen LogP contribution in [0.1, 0.15) is 43.2 Å². The quantitative estimate of drug-likeness (QED) is 0.379. The zero-order chi connectivity index (χ0) is 26.6. The third-order valence-electron chi connectivity index (χ3n) is 6.41. The zero-order valence-electron chi connectivity index (χ0n) is 21.4. The van der Waals surface area contributed by atoms with E-state index in [1.165, 1.54) is 33.7 Å². The summed E-state index contributed by atoms with van der Waals surface area (Å²) in [6.07, 6.45) is 2.45. The second-order valence-corrected chi connectivity index (χ2v) is 10.9. The van der Waals surface area contributed by atoms with Gasteiger partial charge in [0.15, 0.2) is 21.5 Å². The summed E-state index contributed by atoms with van der Waals surface area (Å²) in [6.45, 7) is 4.55. The molecule has 1 saturated heterocycles. The van der Waals surface area contributed by atoms with E-state index < -0.39 is 27.1 Å². The number of rotatable bonds is 10. The molecule has 3 atom stereocenters. The standard InChI is InChI=1S/C24H31N5O7S/c1-15(17-11-26-22(34-5)12-25-17)16(2)37(30,31)14-21-27-28-24(20-13-35-9-10-36-20)29(21)23-18(32-3)7-6-8-19(23)33-4/h6-8,11-12,15-16,20H,9-10,13-14H2,1-5H3/t15-,16-,20+/m0/s1. The molecule has 1 aromatic carbocycles. The van der Waals surface area contributed by atoms with Crippen LogP contribution in [0, 0.1) is 0 Å². The molecule has 3 heterocycles. The second-order valence-electron chi connectivity index (χ2n) is 8.54. The van der Waals surface area contributed by atoms with Crippen LogP contribution in [0.3, 0.4) is 0 Å². The molecule has 37 heavy (non-hydrogen) atoms. The van der Waals surface area contributed by atoms with Crippen LogP contribution < -0.4 is 14.2 Å². The Labute approximate surface area is 215 Å². The Morgan fingerprint density at radius 2 is 1.76 bits per heavy atom. The number of methoxy groups -OCH3 is 3. The van der Waals surface area contributed by atoms with Gasteiger partial charge in [0.1, 0.15) is 29.0 Å². The molecule has 2 aromatic heterocycles. The summed E-state index contributed by atoms with van der Waals surface area (Å²) in [5, 5.41) is 7.82. The van der Waals surface area contributed by atoms with Crippen molar-refractivity contribution in [3.63, 3.8) is 0 Å². The monoisotopic (exact) mass is 533 g/mol. The maximum atomic E-state index is 13.6. The lowest BCUT2D eigenvalue weighted by Gasteiger charge is -2.25. The Hall–Kier alpha value is -3.29. The fourth-order valence-corrected chi connectivity index (χ4v) is 5.67. The third kappa shape index (κ3) is 5.53. The summed E-state index contributed by atoms with van der Waals surface area (Å²) in [6, 6.07) is 5.29. The molecule has 0 amide bonds. The molecule has 0 aliphatic carbocycles. The van der Waals surface area contributed by atoms with Crippen molar-refractivity contribution in [2.24, 2.45) is 0 Å². The van der Waals surface area contributed by atoms with Crippen molar-refractivity contribution in [3.8, 4) is 23.1 Å². The van der Waals surface area contributed by atoms with E-state index in [2.05, 4.69) is 20.2 Å². The lowest BCUT2D eigenvalue weighted by Crippen LogP contribution is -2.28. The van der Waals surface area contributed by atoms with E-state index in [1.54, 1.807) is 36.6 Å². The first-order valence-corrected chi connectivity index (χ1v) is 13.4. The predicted octanol–water partition coefficient (Wildman–Crippen LogP) is 2.28. The first kappa shape index (κ1) is 26.8. The molecule has 12 nitrogen and oxygen atoms in total. The number of hydrogen-bond donors (Lipinski definition) is 0. The van der Waals surface area contributed by atoms with Crippen molar-refractivity contribution < 1.29 is 32.1 Å². The highest BCUT2D eigenvalue weighted by atomic mass is 32.2. The van der Waals surface area contributed by atoms with Crippen LogP contribution in [0.5, 0.6) is 17.4 Å². The highest BCUT2D eigenvalue weighted by Gasteiger charge is 2.34. The van der Waals surface area contributed by atoms with Gasteiger partial charge in [-0.05, 0) is 19.1 Å². The highest BCUT2D eigenvalue weighted by Crippen LogP contribution is 2.37. The molecule has 13 heteroatoms. The summed E-state index contributed by atoms with van der Waals surface area (Å²) in [7, 11) is 0.805. The maximum absolute atomic E-state index is 13.6. The minimum absolute atomic E-state index is 0.201. The van der Waals surface area contributed by atoms with Crippen LogP contribution in [0.2, 0.25) is 0 Å². The first-order valence-electron chi connectivity index (χ1n) is 11.7. The van der Waals surface area contributed by atoms with Gasteiger partial charge in [-0.1, -0.05) is 13.0 Å². The molecule has 200 valence electrons. The third-order valence-corrected chi connectivity index (χ3v) is 8.61. The molecule has 0 bridgehead atoms. The van der Waals surface area contributed by atoms with Gasteiger partial charge >= 0.3 is 0 Å². The average molecular weight is 534 g/mol. The van der Waals surface area contributed by atoms with Crippen molar-refractivity contribution in [3.05, 3.63) is 47.9 Å². The lowest BCUT2D eigenvalue weighted by molar-refractivity contribution is -0.0942. The van der Waals surface area contributed by atoms with Gasteiger partial charge in [-0.15, -0.1) is 10.2 Å². The Balaban J connectivity index is 1.74. The van der Waals surface area contributed by atoms with E-state index in [9.17, 15) is 8.42 Å². The molecule has 1 aliphatic rings. The van der Waals surface area contributed by atoms with Crippen molar-refractivity contribution in [2.75, 3.05) is 41.2 Å². The molecule has 0 spiro atoms. The Bertz CT molecular complexity index is 1290. The maximum Gasteiger partial charge on any atom is 0.231 e. The van der Waals surface area contributed by atoms with Gasteiger partial charge in [0, 0.05) is 5.92 Å². The minimum atomic E-state index is -3.74. The number of benzene rings is 1. The van der Waals surface area contributed by atoms with Crippen molar-refractivity contribution in [2.45, 2.75) is 36.9 Å². The smallest absolute Gasteiger partial charge is 0.231 e. The predicted molar refractivity (Wildman–Crippen MR) is 133 cm³/mol. The van der Waals surface area contributed by atoms with Crippen LogP contribution in [0.15, 0.2) is 30.6 Å². The van der Waals surface area contributed by atoms with Gasteiger partial charge in [-0.3, -0.25) is 9.55 Å². The molecule has 4 rings (SSSR count). The van der Waals surface area contributed by atoms with E-state index in [0.717, 1.165) is 0 Å². The van der Waals surface area contributed by atoms with Gasteiger partial charge in [0.25, 0.3) is 0 Å². The Morgan fingerprint density at radius 3 is 2.32 bits per heavy atom. The zero-order valence-corrected chi connectivity index (χ0v) is 22.3. The molecule has 1 aliphatic heterocycles. The topological polar surface area (TPSA) is 137 Å². The summed E-state index contributed by atoms with van der Waals surface area (Å²) in [5.41, 5.74) is 1.02. The van der Waals surface area contributed by atoms with E-state index in [4.69, 9.17) is 23.7 Å². The highest BCUT2D eigenvalue weighted by molar-refractivity contribution is 7.91.